The summed E-state index contributed by atoms with van der Waals surface area (Å²) in [6.45, 7) is 3.91. The Morgan fingerprint density at radius 2 is 1.89 bits per heavy atom. The number of carbonyl (C=O) groups is 1. The first kappa shape index (κ1) is 24.3. The fourth-order valence-corrected chi connectivity index (χ4v) is 4.58. The van der Waals surface area contributed by atoms with Gasteiger partial charge in [-0.05, 0) is 69.0 Å². The van der Waals surface area contributed by atoms with E-state index in [1.807, 2.05) is 56.3 Å². The number of hydrogen-bond donors (Lipinski definition) is 0. The number of nitriles is 1. The molecule has 5 rings (SSSR count). The van der Waals surface area contributed by atoms with E-state index >= 15 is 0 Å². The molecule has 1 saturated carbocycles. The van der Waals surface area contributed by atoms with Gasteiger partial charge in [0.15, 0.2) is 5.82 Å². The molecule has 0 aliphatic heterocycles. The van der Waals surface area contributed by atoms with Crippen molar-refractivity contribution >= 4 is 22.7 Å². The highest BCUT2D eigenvalue weighted by molar-refractivity contribution is 5.96. The lowest BCUT2D eigenvalue weighted by Gasteiger charge is -2.30. The molecule has 1 aliphatic carbocycles. The highest BCUT2D eigenvalue weighted by Gasteiger charge is 2.28. The summed E-state index contributed by atoms with van der Waals surface area (Å²) in [5.74, 6) is 1.31. The molecule has 0 radical (unpaired) electrons. The molecule has 1 aliphatic rings. The molecule has 0 N–H and O–H groups in total. The lowest BCUT2D eigenvalue weighted by Crippen LogP contribution is -2.29. The van der Waals surface area contributed by atoms with Gasteiger partial charge < -0.3 is 14.0 Å². The average molecular weight is 496 g/mol. The number of fused-ring (bicyclic) bond motifs is 1. The fraction of sp³-hybridized carbons (Fsp3) is 0.310. The van der Waals surface area contributed by atoms with Crippen LogP contribution >= 0.6 is 0 Å². The van der Waals surface area contributed by atoms with Crippen molar-refractivity contribution in [3.05, 3.63) is 72.3 Å². The van der Waals surface area contributed by atoms with Crippen LogP contribution in [0.2, 0.25) is 0 Å². The number of carbonyl (C=O) groups excluding carboxylic acids is 1. The lowest BCUT2D eigenvalue weighted by molar-refractivity contribution is 0.124. The van der Waals surface area contributed by atoms with Crippen molar-refractivity contribution < 1.29 is 14.3 Å². The van der Waals surface area contributed by atoms with Crippen LogP contribution in [-0.2, 0) is 11.3 Å². The van der Waals surface area contributed by atoms with E-state index in [1.54, 1.807) is 25.5 Å². The van der Waals surface area contributed by atoms with Crippen LogP contribution in [-0.4, -0.2) is 33.8 Å². The van der Waals surface area contributed by atoms with E-state index in [9.17, 15) is 10.1 Å². The zero-order chi connectivity index (χ0) is 25.9. The number of aromatic nitrogens is 3. The molecular weight excluding hydrogens is 466 g/mol. The second-order valence-electron chi connectivity index (χ2n) is 9.46. The molecule has 1 fully saturated rings. The Kier molecular flexibility index (Phi) is 6.78. The maximum absolute atomic E-state index is 12.3. The summed E-state index contributed by atoms with van der Waals surface area (Å²) in [4.78, 5) is 22.3. The second kappa shape index (κ2) is 10.3. The standard InChI is InChI=1S/C29H29N5O3/c1-19(2)37-29(35)33(3)21-10-8-20(9-11-21)28-25(17-30)24-13-12-23(36-18-27-31-14-5-15-32-27)16-26(24)34(28)22-6-4-7-22/h5,8-16,19,22H,4,6-7,18H2,1-3H3. The summed E-state index contributed by atoms with van der Waals surface area (Å²) >= 11 is 0. The van der Waals surface area contributed by atoms with Crippen LogP contribution < -0.4 is 9.64 Å². The number of hydrogen-bond acceptors (Lipinski definition) is 6. The predicted octanol–water partition coefficient (Wildman–Crippen LogP) is 6.26. The molecule has 188 valence electrons. The Morgan fingerprint density at radius 1 is 1.16 bits per heavy atom. The van der Waals surface area contributed by atoms with Gasteiger partial charge in [-0.1, -0.05) is 12.1 Å². The summed E-state index contributed by atoms with van der Waals surface area (Å²) < 4.78 is 13.6. The molecule has 0 bridgehead atoms. The van der Waals surface area contributed by atoms with Gasteiger partial charge in [0.2, 0.25) is 0 Å². The maximum Gasteiger partial charge on any atom is 0.414 e. The fourth-order valence-electron chi connectivity index (χ4n) is 4.58. The molecule has 8 nitrogen and oxygen atoms in total. The Labute approximate surface area is 216 Å². The highest BCUT2D eigenvalue weighted by atomic mass is 16.6. The zero-order valence-corrected chi connectivity index (χ0v) is 21.2. The molecule has 0 atom stereocenters. The number of ether oxygens (including phenoxy) is 2. The van der Waals surface area contributed by atoms with E-state index in [4.69, 9.17) is 9.47 Å². The maximum atomic E-state index is 12.3. The quantitative estimate of drug-likeness (QED) is 0.301. The summed E-state index contributed by atoms with van der Waals surface area (Å²) in [5.41, 5.74) is 4.15. The minimum Gasteiger partial charge on any atom is -0.486 e. The van der Waals surface area contributed by atoms with Crippen LogP contribution in [0.4, 0.5) is 10.5 Å². The smallest absolute Gasteiger partial charge is 0.414 e. The van der Waals surface area contributed by atoms with Crippen molar-refractivity contribution in [1.29, 1.82) is 5.26 Å². The van der Waals surface area contributed by atoms with Crippen molar-refractivity contribution in [2.24, 2.45) is 0 Å². The molecule has 0 spiro atoms. The van der Waals surface area contributed by atoms with Crippen molar-refractivity contribution in [2.75, 3.05) is 11.9 Å². The highest BCUT2D eigenvalue weighted by Crippen LogP contribution is 2.43. The van der Waals surface area contributed by atoms with Gasteiger partial charge in [-0.2, -0.15) is 5.26 Å². The molecule has 2 aromatic carbocycles. The van der Waals surface area contributed by atoms with Gasteiger partial charge in [0.05, 0.1) is 22.9 Å². The van der Waals surface area contributed by atoms with Crippen molar-refractivity contribution in [1.82, 2.24) is 14.5 Å². The lowest BCUT2D eigenvalue weighted by atomic mass is 9.92. The number of amides is 1. The van der Waals surface area contributed by atoms with Crippen LogP contribution in [0.1, 0.15) is 50.5 Å². The van der Waals surface area contributed by atoms with Crippen LogP contribution in [0.5, 0.6) is 5.75 Å². The summed E-state index contributed by atoms with van der Waals surface area (Å²) in [7, 11) is 1.69. The topological polar surface area (TPSA) is 93.3 Å². The molecule has 2 aromatic heterocycles. The SMILES string of the molecule is CC(C)OC(=O)N(C)c1ccc(-c2c(C#N)c3ccc(OCc4ncccn4)cc3n2C2CCC2)cc1. The van der Waals surface area contributed by atoms with Gasteiger partial charge in [-0.3, -0.25) is 4.90 Å². The minimum atomic E-state index is -0.405. The number of anilines is 1. The first-order valence-electron chi connectivity index (χ1n) is 12.5. The predicted molar refractivity (Wildman–Crippen MR) is 141 cm³/mol. The first-order chi connectivity index (χ1) is 18.0. The third-order valence-electron chi connectivity index (χ3n) is 6.65. The van der Waals surface area contributed by atoms with Gasteiger partial charge in [-0.25, -0.2) is 14.8 Å². The van der Waals surface area contributed by atoms with Crippen LogP contribution in [0.3, 0.4) is 0 Å². The Morgan fingerprint density at radius 3 is 2.51 bits per heavy atom. The Hall–Kier alpha value is -4.38. The summed E-state index contributed by atoms with van der Waals surface area (Å²) in [6.07, 6.45) is 6.07. The average Bonchev–Trinajstić information content (AvgIpc) is 3.19. The van der Waals surface area contributed by atoms with Gasteiger partial charge in [0.25, 0.3) is 0 Å². The minimum absolute atomic E-state index is 0.195. The van der Waals surface area contributed by atoms with E-state index in [2.05, 4.69) is 20.6 Å². The van der Waals surface area contributed by atoms with E-state index in [1.165, 1.54) is 4.90 Å². The number of nitrogens with zero attached hydrogens (tertiary/aromatic N) is 5. The largest absolute Gasteiger partial charge is 0.486 e. The Balaban J connectivity index is 1.52. The first-order valence-corrected chi connectivity index (χ1v) is 12.5. The van der Waals surface area contributed by atoms with Crippen LogP contribution in [0.15, 0.2) is 60.9 Å². The van der Waals surface area contributed by atoms with Crippen LogP contribution in [0, 0.1) is 11.3 Å². The normalized spacial score (nSPS) is 13.3. The molecule has 37 heavy (non-hydrogen) atoms. The molecule has 0 unspecified atom stereocenters. The molecule has 2 heterocycles. The molecule has 8 heteroatoms. The van der Waals surface area contributed by atoms with Crippen molar-refractivity contribution in [2.45, 2.75) is 51.9 Å². The van der Waals surface area contributed by atoms with Gasteiger partial charge in [0.1, 0.15) is 18.4 Å². The molecular formula is C29H29N5O3. The van der Waals surface area contributed by atoms with Gasteiger partial charge in [-0.15, -0.1) is 0 Å². The third-order valence-corrected chi connectivity index (χ3v) is 6.65. The monoisotopic (exact) mass is 495 g/mol. The zero-order valence-electron chi connectivity index (χ0n) is 21.2. The van der Waals surface area contributed by atoms with E-state index < -0.39 is 6.09 Å². The van der Waals surface area contributed by atoms with Crippen molar-refractivity contribution in [3.8, 4) is 23.1 Å². The molecule has 0 saturated heterocycles. The molecule has 4 aromatic rings. The van der Waals surface area contributed by atoms with Crippen molar-refractivity contribution in [3.63, 3.8) is 0 Å². The Bertz CT molecular complexity index is 1450. The van der Waals surface area contributed by atoms with Crippen LogP contribution in [0.25, 0.3) is 22.2 Å². The summed E-state index contributed by atoms with van der Waals surface area (Å²) in [6, 6.07) is 18.1. The second-order valence-corrected chi connectivity index (χ2v) is 9.46. The van der Waals surface area contributed by atoms with Gasteiger partial charge in [0, 0.05) is 42.6 Å². The van der Waals surface area contributed by atoms with E-state index in [0.29, 0.717) is 23.2 Å². The third kappa shape index (κ3) is 4.85. The number of rotatable bonds is 7. The number of benzene rings is 2. The van der Waals surface area contributed by atoms with Gasteiger partial charge >= 0.3 is 6.09 Å². The van der Waals surface area contributed by atoms with E-state index in [0.717, 1.165) is 47.1 Å². The summed E-state index contributed by atoms with van der Waals surface area (Å²) in [5, 5.41) is 11.1. The van der Waals surface area contributed by atoms with E-state index in [-0.39, 0.29) is 12.7 Å². The molecule has 1 amide bonds.